The Labute approximate surface area is 107 Å². The first-order valence-electron chi connectivity index (χ1n) is 6.84. The maximum absolute atomic E-state index is 11.7. The molecule has 2 rings (SSSR count). The van der Waals surface area contributed by atoms with Crippen molar-refractivity contribution < 1.29 is 14.7 Å². The minimum Gasteiger partial charge on any atom is -0.481 e. The van der Waals surface area contributed by atoms with Crippen molar-refractivity contribution in [3.05, 3.63) is 0 Å². The molecule has 102 valence electrons. The fourth-order valence-corrected chi connectivity index (χ4v) is 2.58. The molecule has 5 nitrogen and oxygen atoms in total. The first-order chi connectivity index (χ1) is 8.58. The van der Waals surface area contributed by atoms with Crippen molar-refractivity contribution in [2.75, 3.05) is 6.54 Å². The Hall–Kier alpha value is -1.10. The predicted octanol–water partition coefficient (Wildman–Crippen LogP) is 0.744. The summed E-state index contributed by atoms with van der Waals surface area (Å²) in [7, 11) is 0. The molecule has 0 aromatic rings. The first kappa shape index (κ1) is 13.3. The van der Waals surface area contributed by atoms with Crippen LogP contribution in [0.1, 0.15) is 39.0 Å². The number of nitrogens with one attached hydrogen (secondary N) is 2. The van der Waals surface area contributed by atoms with E-state index in [1.165, 1.54) is 0 Å². The van der Waals surface area contributed by atoms with Gasteiger partial charge in [0, 0.05) is 6.04 Å². The molecule has 18 heavy (non-hydrogen) atoms. The van der Waals surface area contributed by atoms with Crippen molar-refractivity contribution in [2.24, 2.45) is 11.8 Å². The van der Waals surface area contributed by atoms with Crippen LogP contribution in [0.15, 0.2) is 0 Å². The Kier molecular flexibility index (Phi) is 4.22. The van der Waals surface area contributed by atoms with E-state index in [9.17, 15) is 9.59 Å². The van der Waals surface area contributed by atoms with E-state index in [1.807, 2.05) is 6.92 Å². The summed E-state index contributed by atoms with van der Waals surface area (Å²) in [6.07, 6.45) is 4.86. The van der Waals surface area contributed by atoms with Crippen molar-refractivity contribution in [2.45, 2.75) is 51.1 Å². The lowest BCUT2D eigenvalue weighted by molar-refractivity contribution is -0.142. The molecule has 0 radical (unpaired) electrons. The van der Waals surface area contributed by atoms with Crippen LogP contribution in [0.4, 0.5) is 0 Å². The molecule has 3 unspecified atom stereocenters. The highest BCUT2D eigenvalue weighted by Gasteiger charge is 2.33. The first-order valence-corrected chi connectivity index (χ1v) is 6.84. The van der Waals surface area contributed by atoms with Crippen LogP contribution in [-0.4, -0.2) is 35.6 Å². The second-order valence-electron chi connectivity index (χ2n) is 5.55. The van der Waals surface area contributed by atoms with E-state index < -0.39 is 5.97 Å². The molecule has 1 amide bonds. The fraction of sp³-hybridized carbons (Fsp3) is 0.846. The number of hydrogen-bond donors (Lipinski definition) is 3. The van der Waals surface area contributed by atoms with Crippen molar-refractivity contribution in [3.63, 3.8) is 0 Å². The molecule has 2 fully saturated rings. The zero-order valence-electron chi connectivity index (χ0n) is 10.8. The second-order valence-corrected chi connectivity index (χ2v) is 5.55. The zero-order chi connectivity index (χ0) is 13.1. The van der Waals surface area contributed by atoms with Crippen molar-refractivity contribution >= 4 is 11.9 Å². The number of amides is 1. The number of carboxylic acid groups (broad SMARTS) is 1. The lowest BCUT2D eigenvalue weighted by Crippen LogP contribution is -2.45. The van der Waals surface area contributed by atoms with Gasteiger partial charge in [-0.1, -0.05) is 6.42 Å². The van der Waals surface area contributed by atoms with E-state index in [2.05, 4.69) is 10.6 Å². The Morgan fingerprint density at radius 1 is 1.28 bits per heavy atom. The summed E-state index contributed by atoms with van der Waals surface area (Å²) in [4.78, 5) is 22.8. The highest BCUT2D eigenvalue weighted by molar-refractivity contribution is 5.81. The van der Waals surface area contributed by atoms with Crippen molar-refractivity contribution in [1.29, 1.82) is 0 Å². The molecular weight excluding hydrogens is 232 g/mol. The van der Waals surface area contributed by atoms with Crippen molar-refractivity contribution in [1.82, 2.24) is 10.6 Å². The van der Waals surface area contributed by atoms with Gasteiger partial charge in [0.1, 0.15) is 0 Å². The van der Waals surface area contributed by atoms with Crippen LogP contribution in [0.2, 0.25) is 0 Å². The van der Waals surface area contributed by atoms with Gasteiger partial charge in [-0.15, -0.1) is 0 Å². The standard InChI is InChI=1S/C13H22N2O3/c1-8(12(16)15-10-5-6-10)14-7-9-3-2-4-11(9)13(17)18/h8-11,14H,2-7H2,1H3,(H,15,16)(H,17,18). The number of hydrogen-bond acceptors (Lipinski definition) is 3. The summed E-state index contributed by atoms with van der Waals surface area (Å²) in [5, 5.41) is 15.2. The second kappa shape index (κ2) is 5.69. The minimum atomic E-state index is -0.700. The molecule has 0 heterocycles. The largest absolute Gasteiger partial charge is 0.481 e. The quantitative estimate of drug-likeness (QED) is 0.653. The van der Waals surface area contributed by atoms with E-state index in [0.29, 0.717) is 12.6 Å². The molecule has 3 atom stereocenters. The number of carbonyl (C=O) groups is 2. The van der Waals surface area contributed by atoms with Gasteiger partial charge in [0.15, 0.2) is 0 Å². The molecule has 0 aromatic heterocycles. The molecule has 0 aromatic carbocycles. The third-order valence-electron chi connectivity index (χ3n) is 3.98. The highest BCUT2D eigenvalue weighted by Crippen LogP contribution is 2.31. The lowest BCUT2D eigenvalue weighted by atomic mass is 9.96. The van der Waals surface area contributed by atoms with Gasteiger partial charge in [0.25, 0.3) is 0 Å². The number of carbonyl (C=O) groups excluding carboxylic acids is 1. The summed E-state index contributed by atoms with van der Waals surface area (Å²) in [6.45, 7) is 2.46. The van der Waals surface area contributed by atoms with Gasteiger partial charge < -0.3 is 15.7 Å². The van der Waals surface area contributed by atoms with Crippen LogP contribution in [0, 0.1) is 11.8 Å². The molecule has 2 aliphatic carbocycles. The maximum Gasteiger partial charge on any atom is 0.306 e. The Morgan fingerprint density at radius 3 is 2.61 bits per heavy atom. The minimum absolute atomic E-state index is 0.0300. The van der Waals surface area contributed by atoms with Gasteiger partial charge in [-0.05, 0) is 45.1 Å². The monoisotopic (exact) mass is 254 g/mol. The number of rotatable bonds is 6. The predicted molar refractivity (Wildman–Crippen MR) is 67.1 cm³/mol. The fourth-order valence-electron chi connectivity index (χ4n) is 2.58. The van der Waals surface area contributed by atoms with Crippen LogP contribution in [-0.2, 0) is 9.59 Å². The summed E-state index contributed by atoms with van der Waals surface area (Å²) in [5.41, 5.74) is 0. The normalized spacial score (nSPS) is 28.9. The zero-order valence-corrected chi connectivity index (χ0v) is 10.8. The molecule has 0 aliphatic heterocycles. The van der Waals surface area contributed by atoms with Gasteiger partial charge in [-0.3, -0.25) is 9.59 Å². The Bertz CT molecular complexity index is 328. The topological polar surface area (TPSA) is 78.4 Å². The van der Waals surface area contributed by atoms with Crippen LogP contribution in [0.5, 0.6) is 0 Å². The van der Waals surface area contributed by atoms with Crippen LogP contribution in [0.3, 0.4) is 0 Å². The summed E-state index contributed by atoms with van der Waals surface area (Å²) >= 11 is 0. The Balaban J connectivity index is 1.72. The highest BCUT2D eigenvalue weighted by atomic mass is 16.4. The summed E-state index contributed by atoms with van der Waals surface area (Å²) < 4.78 is 0. The van der Waals surface area contributed by atoms with Crippen LogP contribution in [0.25, 0.3) is 0 Å². The van der Waals surface area contributed by atoms with Crippen LogP contribution < -0.4 is 10.6 Å². The molecular formula is C13H22N2O3. The molecule has 0 saturated heterocycles. The molecule has 0 spiro atoms. The van der Waals surface area contributed by atoms with Crippen LogP contribution >= 0.6 is 0 Å². The van der Waals surface area contributed by atoms with E-state index in [0.717, 1.165) is 32.1 Å². The smallest absolute Gasteiger partial charge is 0.306 e. The van der Waals surface area contributed by atoms with Gasteiger partial charge in [0.2, 0.25) is 5.91 Å². The maximum atomic E-state index is 11.7. The third-order valence-corrected chi connectivity index (χ3v) is 3.98. The van der Waals surface area contributed by atoms with Gasteiger partial charge >= 0.3 is 5.97 Å². The van der Waals surface area contributed by atoms with E-state index in [4.69, 9.17) is 5.11 Å². The lowest BCUT2D eigenvalue weighted by Gasteiger charge is -2.19. The SMILES string of the molecule is CC(NCC1CCCC1C(=O)O)C(=O)NC1CC1. The number of aliphatic carboxylic acids is 1. The van der Waals surface area contributed by atoms with Gasteiger partial charge in [-0.2, -0.15) is 0 Å². The van der Waals surface area contributed by atoms with E-state index in [-0.39, 0.29) is 23.8 Å². The molecule has 0 bridgehead atoms. The molecule has 5 heteroatoms. The van der Waals surface area contributed by atoms with Gasteiger partial charge in [-0.25, -0.2) is 0 Å². The van der Waals surface area contributed by atoms with E-state index >= 15 is 0 Å². The average molecular weight is 254 g/mol. The van der Waals surface area contributed by atoms with Gasteiger partial charge in [0.05, 0.1) is 12.0 Å². The molecule has 2 saturated carbocycles. The third kappa shape index (κ3) is 3.45. The Morgan fingerprint density at radius 2 is 2.00 bits per heavy atom. The summed E-state index contributed by atoms with van der Waals surface area (Å²) in [5.74, 6) is -0.744. The van der Waals surface area contributed by atoms with E-state index in [1.54, 1.807) is 0 Å². The van der Waals surface area contributed by atoms with Crippen molar-refractivity contribution in [3.8, 4) is 0 Å². The average Bonchev–Trinajstić information content (AvgIpc) is 3.00. The number of carboxylic acids is 1. The molecule has 3 N–H and O–H groups in total. The molecule has 2 aliphatic rings. The summed E-state index contributed by atoms with van der Waals surface area (Å²) in [6, 6.07) is 0.139.